The van der Waals surface area contributed by atoms with Crippen molar-refractivity contribution < 1.29 is 9.53 Å². The quantitative estimate of drug-likeness (QED) is 0.929. The first-order valence-electron chi connectivity index (χ1n) is 6.82. The van der Waals surface area contributed by atoms with Crippen molar-refractivity contribution >= 4 is 5.91 Å². The third kappa shape index (κ3) is 2.52. The van der Waals surface area contributed by atoms with Crippen LogP contribution < -0.4 is 10.5 Å². The summed E-state index contributed by atoms with van der Waals surface area (Å²) in [5.74, 6) is 0.995. The van der Waals surface area contributed by atoms with Gasteiger partial charge >= 0.3 is 0 Å². The Morgan fingerprint density at radius 1 is 1.15 bits per heavy atom. The molecule has 1 atom stereocenters. The molecule has 0 saturated heterocycles. The Morgan fingerprint density at radius 2 is 1.90 bits per heavy atom. The third-order valence-electron chi connectivity index (χ3n) is 3.75. The lowest BCUT2D eigenvalue weighted by Gasteiger charge is -2.25. The van der Waals surface area contributed by atoms with Crippen molar-refractivity contribution in [2.75, 3.05) is 6.61 Å². The van der Waals surface area contributed by atoms with E-state index in [9.17, 15) is 4.79 Å². The Morgan fingerprint density at radius 3 is 2.75 bits per heavy atom. The zero-order valence-electron chi connectivity index (χ0n) is 11.2. The highest BCUT2D eigenvalue weighted by molar-refractivity contribution is 5.94. The third-order valence-corrected chi connectivity index (χ3v) is 3.75. The van der Waals surface area contributed by atoms with Gasteiger partial charge in [-0.1, -0.05) is 36.4 Å². The van der Waals surface area contributed by atoms with E-state index in [4.69, 9.17) is 10.5 Å². The molecular weight excluding hydrogens is 250 g/mol. The van der Waals surface area contributed by atoms with Crippen LogP contribution in [0.3, 0.4) is 0 Å². The van der Waals surface area contributed by atoms with Gasteiger partial charge in [-0.25, -0.2) is 0 Å². The number of fused-ring (bicyclic) bond motifs is 1. The van der Waals surface area contributed by atoms with Gasteiger partial charge in [0, 0.05) is 11.5 Å². The SMILES string of the molecule is NC(=O)c1ccccc1CC1COc2ccccc2C1. The van der Waals surface area contributed by atoms with E-state index in [1.54, 1.807) is 6.07 Å². The number of rotatable bonds is 3. The number of primary amides is 1. The summed E-state index contributed by atoms with van der Waals surface area (Å²) < 4.78 is 5.79. The molecule has 0 radical (unpaired) electrons. The van der Waals surface area contributed by atoms with Gasteiger partial charge in [0.15, 0.2) is 0 Å². The molecular formula is C17H17NO2. The molecule has 0 aromatic heterocycles. The van der Waals surface area contributed by atoms with Crippen LogP contribution in [0, 0.1) is 5.92 Å². The maximum atomic E-state index is 11.5. The number of carbonyl (C=O) groups excluding carboxylic acids is 1. The Labute approximate surface area is 118 Å². The number of nitrogens with two attached hydrogens (primary N) is 1. The van der Waals surface area contributed by atoms with Gasteiger partial charge in [-0.3, -0.25) is 4.79 Å². The van der Waals surface area contributed by atoms with Gasteiger partial charge in [0.1, 0.15) is 5.75 Å². The molecule has 0 spiro atoms. The number of ether oxygens (including phenoxy) is 1. The number of benzene rings is 2. The standard InChI is InChI=1S/C17H17NO2/c18-17(19)15-7-3-1-5-13(15)9-12-10-14-6-2-4-8-16(14)20-11-12/h1-8,12H,9-11H2,(H2,18,19). The van der Waals surface area contributed by atoms with Crippen LogP contribution in [0.4, 0.5) is 0 Å². The molecule has 1 unspecified atom stereocenters. The maximum Gasteiger partial charge on any atom is 0.248 e. The van der Waals surface area contributed by atoms with Crippen LogP contribution in [-0.2, 0) is 12.8 Å². The van der Waals surface area contributed by atoms with Crippen LogP contribution >= 0.6 is 0 Å². The van der Waals surface area contributed by atoms with E-state index >= 15 is 0 Å². The zero-order valence-corrected chi connectivity index (χ0v) is 11.2. The molecule has 2 aromatic carbocycles. The molecule has 102 valence electrons. The molecule has 0 bridgehead atoms. The summed E-state index contributed by atoms with van der Waals surface area (Å²) in [7, 11) is 0. The molecule has 1 heterocycles. The second-order valence-electron chi connectivity index (χ2n) is 5.21. The van der Waals surface area contributed by atoms with Gasteiger partial charge in [-0.05, 0) is 36.1 Å². The molecule has 1 aliphatic rings. The van der Waals surface area contributed by atoms with Crippen molar-refractivity contribution in [2.24, 2.45) is 11.7 Å². The summed E-state index contributed by atoms with van der Waals surface area (Å²) in [5, 5.41) is 0. The second-order valence-corrected chi connectivity index (χ2v) is 5.21. The average molecular weight is 267 g/mol. The highest BCUT2D eigenvalue weighted by Gasteiger charge is 2.21. The average Bonchev–Trinajstić information content (AvgIpc) is 2.47. The van der Waals surface area contributed by atoms with E-state index in [0.717, 1.165) is 24.2 Å². The maximum absolute atomic E-state index is 11.5. The minimum atomic E-state index is -0.363. The summed E-state index contributed by atoms with van der Waals surface area (Å²) in [6, 6.07) is 15.7. The first kappa shape index (κ1) is 12.7. The minimum absolute atomic E-state index is 0.363. The number of para-hydroxylation sites is 1. The van der Waals surface area contributed by atoms with Crippen LogP contribution in [0.25, 0.3) is 0 Å². The molecule has 0 saturated carbocycles. The Bertz CT molecular complexity index is 636. The van der Waals surface area contributed by atoms with Gasteiger partial charge in [-0.15, -0.1) is 0 Å². The molecule has 1 amide bonds. The van der Waals surface area contributed by atoms with Crippen molar-refractivity contribution in [1.29, 1.82) is 0 Å². The second kappa shape index (κ2) is 5.37. The summed E-state index contributed by atoms with van der Waals surface area (Å²) in [5.41, 5.74) is 8.29. The molecule has 0 aliphatic carbocycles. The van der Waals surface area contributed by atoms with Gasteiger partial charge in [0.25, 0.3) is 0 Å². The Kier molecular flexibility index (Phi) is 3.42. The molecule has 2 aromatic rings. The van der Waals surface area contributed by atoms with Crippen LogP contribution in [0.1, 0.15) is 21.5 Å². The van der Waals surface area contributed by atoms with Crippen LogP contribution in [0.15, 0.2) is 48.5 Å². The van der Waals surface area contributed by atoms with Crippen LogP contribution in [0.5, 0.6) is 5.75 Å². The molecule has 20 heavy (non-hydrogen) atoms. The van der Waals surface area contributed by atoms with Crippen molar-refractivity contribution in [3.8, 4) is 5.75 Å². The summed E-state index contributed by atoms with van der Waals surface area (Å²) >= 11 is 0. The van der Waals surface area contributed by atoms with Gasteiger partial charge in [0.05, 0.1) is 6.61 Å². The fraction of sp³-hybridized carbons (Fsp3) is 0.235. The molecule has 3 heteroatoms. The van der Waals surface area contributed by atoms with Gasteiger partial charge in [-0.2, -0.15) is 0 Å². The predicted octanol–water partition coefficient (Wildman–Crippen LogP) is 2.58. The van der Waals surface area contributed by atoms with E-state index in [2.05, 4.69) is 6.07 Å². The summed E-state index contributed by atoms with van der Waals surface area (Å²) in [6.07, 6.45) is 1.79. The fourth-order valence-corrected chi connectivity index (χ4v) is 2.77. The lowest BCUT2D eigenvalue weighted by Crippen LogP contribution is -2.24. The Hall–Kier alpha value is -2.29. The van der Waals surface area contributed by atoms with E-state index in [1.807, 2.05) is 36.4 Å². The predicted molar refractivity (Wildman–Crippen MR) is 77.8 cm³/mol. The number of hydrogen-bond donors (Lipinski definition) is 1. The van der Waals surface area contributed by atoms with Gasteiger partial charge < -0.3 is 10.5 Å². The van der Waals surface area contributed by atoms with Crippen molar-refractivity contribution in [3.05, 3.63) is 65.2 Å². The zero-order chi connectivity index (χ0) is 13.9. The highest BCUT2D eigenvalue weighted by Crippen LogP contribution is 2.29. The normalized spacial score (nSPS) is 17.1. The molecule has 0 fully saturated rings. The molecule has 1 aliphatic heterocycles. The van der Waals surface area contributed by atoms with Crippen molar-refractivity contribution in [3.63, 3.8) is 0 Å². The summed E-state index contributed by atoms with van der Waals surface area (Å²) in [6.45, 7) is 0.685. The smallest absolute Gasteiger partial charge is 0.248 e. The topological polar surface area (TPSA) is 52.3 Å². The molecule has 2 N–H and O–H groups in total. The van der Waals surface area contributed by atoms with Crippen molar-refractivity contribution in [2.45, 2.75) is 12.8 Å². The lowest BCUT2D eigenvalue weighted by molar-refractivity contribution is 0.0999. The van der Waals surface area contributed by atoms with E-state index in [0.29, 0.717) is 18.1 Å². The molecule has 3 rings (SSSR count). The monoisotopic (exact) mass is 267 g/mol. The van der Waals surface area contributed by atoms with E-state index < -0.39 is 0 Å². The van der Waals surface area contributed by atoms with Crippen LogP contribution in [-0.4, -0.2) is 12.5 Å². The summed E-state index contributed by atoms with van der Waals surface area (Å²) in [4.78, 5) is 11.5. The largest absolute Gasteiger partial charge is 0.493 e. The highest BCUT2D eigenvalue weighted by atomic mass is 16.5. The van der Waals surface area contributed by atoms with Gasteiger partial charge in [0.2, 0.25) is 5.91 Å². The fourth-order valence-electron chi connectivity index (χ4n) is 2.77. The Balaban J connectivity index is 1.79. The van der Waals surface area contributed by atoms with Crippen LogP contribution in [0.2, 0.25) is 0 Å². The minimum Gasteiger partial charge on any atom is -0.493 e. The van der Waals surface area contributed by atoms with E-state index in [1.165, 1.54) is 5.56 Å². The van der Waals surface area contributed by atoms with Crippen molar-refractivity contribution in [1.82, 2.24) is 0 Å². The first-order chi connectivity index (χ1) is 9.74. The number of hydrogen-bond acceptors (Lipinski definition) is 2. The van der Waals surface area contributed by atoms with E-state index in [-0.39, 0.29) is 5.91 Å². The number of carbonyl (C=O) groups is 1. The number of amides is 1. The molecule has 3 nitrogen and oxygen atoms in total. The first-order valence-corrected chi connectivity index (χ1v) is 6.82. The lowest BCUT2D eigenvalue weighted by atomic mass is 9.89.